The van der Waals surface area contributed by atoms with E-state index in [2.05, 4.69) is 10.3 Å². The number of rotatable bonds is 5. The van der Waals surface area contributed by atoms with Crippen molar-refractivity contribution in [2.75, 3.05) is 19.8 Å². The minimum Gasteiger partial charge on any atom is -0.394 e. The lowest BCUT2D eigenvalue weighted by Crippen LogP contribution is -2.40. The predicted molar refractivity (Wildman–Crippen MR) is 84.2 cm³/mol. The van der Waals surface area contributed by atoms with Gasteiger partial charge in [0.15, 0.2) is 0 Å². The van der Waals surface area contributed by atoms with Crippen molar-refractivity contribution in [2.24, 2.45) is 0 Å². The van der Waals surface area contributed by atoms with Crippen molar-refractivity contribution < 1.29 is 24.5 Å². The number of ether oxygens (including phenoxy) is 2. The molecule has 138 valence electrons. The zero-order valence-corrected chi connectivity index (χ0v) is 13.5. The molecule has 1 amide bonds. The molecule has 1 aromatic rings. The van der Waals surface area contributed by atoms with Crippen molar-refractivity contribution in [3.05, 3.63) is 32.6 Å². The lowest BCUT2D eigenvalue weighted by molar-refractivity contribution is -0.0459. The molecule has 0 aliphatic carbocycles. The molecule has 0 aromatic carbocycles. The van der Waals surface area contributed by atoms with Crippen molar-refractivity contribution in [3.8, 4) is 0 Å². The van der Waals surface area contributed by atoms with Gasteiger partial charge in [0, 0.05) is 25.8 Å². The minimum atomic E-state index is -0.939. The fourth-order valence-corrected chi connectivity index (χ4v) is 3.02. The Labute approximate surface area is 142 Å². The molecule has 2 saturated heterocycles. The van der Waals surface area contributed by atoms with E-state index in [0.717, 1.165) is 23.6 Å². The number of aromatic amines is 1. The summed E-state index contributed by atoms with van der Waals surface area (Å²) < 4.78 is 11.8. The molecule has 1 unspecified atom stereocenters. The van der Waals surface area contributed by atoms with Gasteiger partial charge in [-0.05, 0) is 12.8 Å². The van der Waals surface area contributed by atoms with E-state index in [-0.39, 0.29) is 24.6 Å². The Bertz CT molecular complexity index is 737. The maximum absolute atomic E-state index is 12.3. The summed E-state index contributed by atoms with van der Waals surface area (Å²) in [4.78, 5) is 38.3. The highest BCUT2D eigenvalue weighted by Crippen LogP contribution is 2.27. The van der Waals surface area contributed by atoms with Crippen LogP contribution in [0.25, 0.3) is 0 Å². The fraction of sp³-hybridized carbons (Fsp3) is 0.667. The first kappa shape index (κ1) is 17.8. The van der Waals surface area contributed by atoms with E-state index in [1.54, 1.807) is 0 Å². The molecule has 3 rings (SSSR count). The number of carbonyl (C=O) groups is 1. The number of nitrogens with zero attached hydrogens (tertiary/aromatic N) is 1. The maximum atomic E-state index is 12.3. The van der Waals surface area contributed by atoms with Gasteiger partial charge in [-0.3, -0.25) is 19.1 Å². The van der Waals surface area contributed by atoms with Crippen LogP contribution in [0.5, 0.6) is 0 Å². The van der Waals surface area contributed by atoms with Gasteiger partial charge in [-0.1, -0.05) is 0 Å². The Kier molecular flexibility index (Phi) is 5.33. The van der Waals surface area contributed by atoms with Gasteiger partial charge in [0.05, 0.1) is 18.8 Å². The average Bonchev–Trinajstić information content (AvgIpc) is 3.22. The normalized spacial score (nSPS) is 29.0. The molecule has 10 heteroatoms. The van der Waals surface area contributed by atoms with Gasteiger partial charge >= 0.3 is 5.69 Å². The highest BCUT2D eigenvalue weighted by Gasteiger charge is 2.35. The van der Waals surface area contributed by atoms with Crippen molar-refractivity contribution in [1.29, 1.82) is 0 Å². The highest BCUT2D eigenvalue weighted by atomic mass is 16.5. The van der Waals surface area contributed by atoms with Gasteiger partial charge in [0.2, 0.25) is 0 Å². The molecule has 4 atom stereocenters. The number of aliphatic hydroxyl groups excluding tert-OH is 2. The summed E-state index contributed by atoms with van der Waals surface area (Å²) in [6.45, 7) is 0.534. The minimum absolute atomic E-state index is 0.0636. The van der Waals surface area contributed by atoms with E-state index in [4.69, 9.17) is 14.6 Å². The van der Waals surface area contributed by atoms with Gasteiger partial charge in [0.1, 0.15) is 17.9 Å². The lowest BCUT2D eigenvalue weighted by atomic mass is 10.2. The summed E-state index contributed by atoms with van der Waals surface area (Å²) in [5, 5.41) is 21.5. The van der Waals surface area contributed by atoms with Crippen LogP contribution in [-0.2, 0) is 9.47 Å². The summed E-state index contributed by atoms with van der Waals surface area (Å²) in [7, 11) is 0. The number of carbonyl (C=O) groups excluding carboxylic acids is 1. The molecule has 0 radical (unpaired) electrons. The smallest absolute Gasteiger partial charge is 0.330 e. The molecular formula is C15H21N3O7. The zero-order valence-electron chi connectivity index (χ0n) is 13.5. The summed E-state index contributed by atoms with van der Waals surface area (Å²) >= 11 is 0. The molecule has 0 bridgehead atoms. The largest absolute Gasteiger partial charge is 0.394 e. The Morgan fingerprint density at radius 3 is 2.88 bits per heavy atom. The van der Waals surface area contributed by atoms with E-state index in [9.17, 15) is 19.5 Å². The standard InChI is InChI=1S/C15H21N3O7/c19-7-11-10(20)4-12(25-11)18-6-9(14(22)17-15(18)23)13(21)16-5-8-2-1-3-24-8/h6,8,10-12,19-20H,1-5,7H2,(H,16,21)(H,17,22,23)/t8-,10?,11-,12-/m1/s1. The van der Waals surface area contributed by atoms with Crippen LogP contribution in [0.15, 0.2) is 15.8 Å². The van der Waals surface area contributed by atoms with Crippen molar-refractivity contribution in [3.63, 3.8) is 0 Å². The Hall–Kier alpha value is -2.01. The molecule has 3 heterocycles. The molecule has 4 N–H and O–H groups in total. The van der Waals surface area contributed by atoms with E-state index in [1.165, 1.54) is 0 Å². The summed E-state index contributed by atoms with van der Waals surface area (Å²) in [6.07, 6.45) is 0.239. The Balaban J connectivity index is 1.77. The van der Waals surface area contributed by atoms with Gasteiger partial charge in [0.25, 0.3) is 11.5 Å². The number of hydrogen-bond acceptors (Lipinski definition) is 7. The first-order chi connectivity index (χ1) is 12.0. The van der Waals surface area contributed by atoms with Gasteiger partial charge in [-0.15, -0.1) is 0 Å². The topological polar surface area (TPSA) is 143 Å². The zero-order chi connectivity index (χ0) is 18.0. The summed E-state index contributed by atoms with van der Waals surface area (Å²) in [5.74, 6) is -0.622. The van der Waals surface area contributed by atoms with Gasteiger partial charge in [-0.25, -0.2) is 4.79 Å². The first-order valence-corrected chi connectivity index (χ1v) is 8.19. The van der Waals surface area contributed by atoms with Crippen LogP contribution in [0.3, 0.4) is 0 Å². The van der Waals surface area contributed by atoms with Crippen LogP contribution in [0, 0.1) is 0 Å². The predicted octanol–water partition coefficient (Wildman–Crippen LogP) is -1.91. The second kappa shape index (κ2) is 7.48. The number of hydrogen-bond donors (Lipinski definition) is 4. The molecule has 25 heavy (non-hydrogen) atoms. The third-order valence-electron chi connectivity index (χ3n) is 4.42. The van der Waals surface area contributed by atoms with Gasteiger partial charge in [-0.2, -0.15) is 0 Å². The van der Waals surface area contributed by atoms with Crippen LogP contribution in [-0.4, -0.2) is 63.7 Å². The van der Waals surface area contributed by atoms with E-state index in [0.29, 0.717) is 6.61 Å². The number of amides is 1. The Morgan fingerprint density at radius 2 is 2.24 bits per heavy atom. The molecule has 0 spiro atoms. The maximum Gasteiger partial charge on any atom is 0.330 e. The van der Waals surface area contributed by atoms with Crippen molar-refractivity contribution in [1.82, 2.24) is 14.9 Å². The monoisotopic (exact) mass is 355 g/mol. The number of aromatic nitrogens is 2. The fourth-order valence-electron chi connectivity index (χ4n) is 3.02. The van der Waals surface area contributed by atoms with E-state index in [1.807, 2.05) is 0 Å². The lowest BCUT2D eigenvalue weighted by Gasteiger charge is -2.15. The molecule has 2 aliphatic rings. The molecular weight excluding hydrogens is 334 g/mol. The molecule has 10 nitrogen and oxygen atoms in total. The SMILES string of the molecule is O=C(NC[C@H]1CCCO1)c1cn([C@H]2CC(O)[C@@H](CO)O2)c(=O)[nH]c1=O. The van der Waals surface area contributed by atoms with Crippen LogP contribution in [0.2, 0.25) is 0 Å². The van der Waals surface area contributed by atoms with E-state index >= 15 is 0 Å². The molecule has 2 aliphatic heterocycles. The second-order valence-corrected chi connectivity index (χ2v) is 6.17. The van der Waals surface area contributed by atoms with Gasteiger partial charge < -0.3 is 25.0 Å². The molecule has 1 aromatic heterocycles. The summed E-state index contributed by atoms with van der Waals surface area (Å²) in [5.41, 5.74) is -1.79. The van der Waals surface area contributed by atoms with Crippen LogP contribution in [0.4, 0.5) is 0 Å². The average molecular weight is 355 g/mol. The van der Waals surface area contributed by atoms with Crippen LogP contribution < -0.4 is 16.6 Å². The molecule has 0 saturated carbocycles. The number of aliphatic hydroxyl groups is 2. The quantitative estimate of drug-likeness (QED) is 0.482. The highest BCUT2D eigenvalue weighted by molar-refractivity contribution is 5.93. The first-order valence-electron chi connectivity index (χ1n) is 8.19. The van der Waals surface area contributed by atoms with E-state index < -0.39 is 42.2 Å². The second-order valence-electron chi connectivity index (χ2n) is 6.17. The molecule has 2 fully saturated rings. The third kappa shape index (κ3) is 3.82. The van der Waals surface area contributed by atoms with Crippen LogP contribution in [0.1, 0.15) is 35.8 Å². The number of H-pyrrole nitrogens is 1. The van der Waals surface area contributed by atoms with Crippen molar-refractivity contribution >= 4 is 5.91 Å². The summed E-state index contributed by atoms with van der Waals surface area (Å²) in [6, 6.07) is 0. The van der Waals surface area contributed by atoms with Crippen LogP contribution >= 0.6 is 0 Å². The van der Waals surface area contributed by atoms with Crippen molar-refractivity contribution in [2.45, 2.75) is 43.8 Å². The Morgan fingerprint density at radius 1 is 1.44 bits per heavy atom. The number of nitrogens with one attached hydrogen (secondary N) is 2. The third-order valence-corrected chi connectivity index (χ3v) is 4.42.